The Morgan fingerprint density at radius 3 is 2.44 bits per heavy atom. The van der Waals surface area contributed by atoms with Crippen LogP contribution < -0.4 is 14.9 Å². The Balaban J connectivity index is 1.38. The van der Waals surface area contributed by atoms with E-state index in [1.54, 1.807) is 42.5 Å². The third kappa shape index (κ3) is 6.15. The molecule has 1 aromatic heterocycles. The Morgan fingerprint density at radius 1 is 0.951 bits per heavy atom. The van der Waals surface area contributed by atoms with Crippen LogP contribution in [0.2, 0.25) is 10.0 Å². The number of amides is 1. The van der Waals surface area contributed by atoms with E-state index in [0.29, 0.717) is 43.6 Å². The van der Waals surface area contributed by atoms with Crippen LogP contribution in [0.1, 0.15) is 32.0 Å². The number of fused-ring (bicyclic) bond motifs is 1. The van der Waals surface area contributed by atoms with Crippen molar-refractivity contribution in [1.82, 2.24) is 10.4 Å². The van der Waals surface area contributed by atoms with Crippen molar-refractivity contribution >= 4 is 68.1 Å². The highest BCUT2D eigenvalue weighted by atomic mass is 79.9. The van der Waals surface area contributed by atoms with Crippen molar-refractivity contribution in [2.45, 2.75) is 6.92 Å². The first-order chi connectivity index (χ1) is 19.7. The number of carbonyl (C=O) groups is 2. The Bertz CT molecular complexity index is 1820. The number of aromatic nitrogens is 1. The summed E-state index contributed by atoms with van der Waals surface area (Å²) in [6, 6.07) is 22.9. The lowest BCUT2D eigenvalue weighted by Crippen LogP contribution is -2.19. The second-order valence-corrected chi connectivity index (χ2v) is 10.8. The van der Waals surface area contributed by atoms with Gasteiger partial charge in [-0.3, -0.25) is 4.79 Å². The summed E-state index contributed by atoms with van der Waals surface area (Å²) in [5.41, 5.74) is 6.74. The van der Waals surface area contributed by atoms with Crippen LogP contribution in [0.25, 0.3) is 22.0 Å². The van der Waals surface area contributed by atoms with E-state index < -0.39 is 11.9 Å². The van der Waals surface area contributed by atoms with Gasteiger partial charge in [-0.25, -0.2) is 10.2 Å². The summed E-state index contributed by atoms with van der Waals surface area (Å²) in [6.45, 7) is 1.94. The molecule has 0 unspecified atom stereocenters. The molecule has 0 radical (unpaired) electrons. The van der Waals surface area contributed by atoms with Gasteiger partial charge in [-0.15, -0.1) is 0 Å². The van der Waals surface area contributed by atoms with Gasteiger partial charge in [0.05, 0.1) is 29.4 Å². The van der Waals surface area contributed by atoms with Crippen molar-refractivity contribution in [1.29, 1.82) is 0 Å². The number of esters is 1. The maximum Gasteiger partial charge on any atom is 0.343 e. The number of H-pyrrole nitrogens is 1. The van der Waals surface area contributed by atoms with Gasteiger partial charge in [0.15, 0.2) is 11.5 Å². The van der Waals surface area contributed by atoms with E-state index in [0.717, 1.165) is 15.4 Å². The quantitative estimate of drug-likeness (QED) is 0.0804. The predicted octanol–water partition coefficient (Wildman–Crippen LogP) is 8.20. The van der Waals surface area contributed by atoms with Gasteiger partial charge in [-0.05, 0) is 61.0 Å². The van der Waals surface area contributed by atoms with Crippen LogP contribution in [0.3, 0.4) is 0 Å². The van der Waals surface area contributed by atoms with Crippen LogP contribution in [-0.2, 0) is 0 Å². The standard InChI is InChI=1S/C31H22BrCl2N3O4/c1-17-7-10-19(11-8-17)31(39)41-25-12-9-18(13-26(25)40-2)16-35-37-30(38)29-27(21-5-3-4-6-23(21)33)22-14-20(32)15-24(34)28(22)36-29/h3-16,36H,1-2H3,(H,37,38). The molecule has 0 atom stereocenters. The van der Waals surface area contributed by atoms with Gasteiger partial charge in [-0.1, -0.05) is 75.0 Å². The number of aryl methyl sites for hydroxylation is 1. The Kier molecular flexibility index (Phi) is 8.44. The topological polar surface area (TPSA) is 92.8 Å². The van der Waals surface area contributed by atoms with Gasteiger partial charge in [0, 0.05) is 26.0 Å². The molecular weight excluding hydrogens is 629 g/mol. The molecule has 5 aromatic rings. The largest absolute Gasteiger partial charge is 0.493 e. The molecule has 1 amide bonds. The zero-order valence-electron chi connectivity index (χ0n) is 21.8. The van der Waals surface area contributed by atoms with Crippen LogP contribution in [0.15, 0.2) is 88.4 Å². The number of ether oxygens (including phenoxy) is 2. The molecular formula is C31H22BrCl2N3O4. The molecule has 10 heteroatoms. The second kappa shape index (κ2) is 12.2. The summed E-state index contributed by atoms with van der Waals surface area (Å²) >= 11 is 16.5. The van der Waals surface area contributed by atoms with Gasteiger partial charge in [-0.2, -0.15) is 5.10 Å². The monoisotopic (exact) mass is 649 g/mol. The van der Waals surface area contributed by atoms with Gasteiger partial charge >= 0.3 is 5.97 Å². The number of hydrogen-bond acceptors (Lipinski definition) is 5. The maximum absolute atomic E-state index is 13.3. The highest BCUT2D eigenvalue weighted by Gasteiger charge is 2.22. The summed E-state index contributed by atoms with van der Waals surface area (Å²) < 4.78 is 11.7. The van der Waals surface area contributed by atoms with Gasteiger partial charge in [0.1, 0.15) is 5.69 Å². The van der Waals surface area contributed by atoms with Crippen molar-refractivity contribution in [3.63, 3.8) is 0 Å². The minimum Gasteiger partial charge on any atom is -0.493 e. The number of halogens is 3. The lowest BCUT2D eigenvalue weighted by Gasteiger charge is -2.10. The number of methoxy groups -OCH3 is 1. The first-order valence-corrected chi connectivity index (χ1v) is 13.9. The van der Waals surface area contributed by atoms with Crippen LogP contribution in [0.5, 0.6) is 11.5 Å². The van der Waals surface area contributed by atoms with E-state index in [-0.39, 0.29) is 11.4 Å². The zero-order chi connectivity index (χ0) is 29.1. The number of nitrogens with one attached hydrogen (secondary N) is 2. The van der Waals surface area contributed by atoms with E-state index in [1.807, 2.05) is 43.3 Å². The van der Waals surface area contributed by atoms with Crippen molar-refractivity contribution in [2.24, 2.45) is 5.10 Å². The second-order valence-electron chi connectivity index (χ2n) is 9.03. The first-order valence-electron chi connectivity index (χ1n) is 12.3. The third-order valence-corrected chi connectivity index (χ3v) is 7.34. The van der Waals surface area contributed by atoms with Crippen LogP contribution >= 0.6 is 39.1 Å². The van der Waals surface area contributed by atoms with E-state index >= 15 is 0 Å². The first kappa shape index (κ1) is 28.4. The molecule has 5 rings (SSSR count). The number of rotatable bonds is 7. The van der Waals surface area contributed by atoms with E-state index in [2.05, 4.69) is 31.4 Å². The average Bonchev–Trinajstić information content (AvgIpc) is 3.34. The van der Waals surface area contributed by atoms with Crippen molar-refractivity contribution in [2.75, 3.05) is 7.11 Å². The fourth-order valence-corrected chi connectivity index (χ4v) is 5.34. The third-order valence-electron chi connectivity index (χ3n) is 6.25. The van der Waals surface area contributed by atoms with Crippen molar-refractivity contribution in [3.8, 4) is 22.6 Å². The molecule has 206 valence electrons. The molecule has 41 heavy (non-hydrogen) atoms. The van der Waals surface area contributed by atoms with E-state index in [4.69, 9.17) is 32.7 Å². The summed E-state index contributed by atoms with van der Waals surface area (Å²) in [7, 11) is 1.47. The summed E-state index contributed by atoms with van der Waals surface area (Å²) in [5.74, 6) is -0.408. The lowest BCUT2D eigenvalue weighted by atomic mass is 10.0. The molecule has 1 heterocycles. The SMILES string of the molecule is COc1cc(C=NNC(=O)c2[nH]c3c(Cl)cc(Br)cc3c2-c2ccccc2Cl)ccc1OC(=O)c1ccc(C)cc1. The smallest absolute Gasteiger partial charge is 0.343 e. The number of nitrogens with zero attached hydrogens (tertiary/aromatic N) is 1. The van der Waals surface area contributed by atoms with Gasteiger partial charge in [0.2, 0.25) is 0 Å². The molecule has 0 saturated carbocycles. The summed E-state index contributed by atoms with van der Waals surface area (Å²) in [6.07, 6.45) is 1.45. The maximum atomic E-state index is 13.3. The molecule has 0 aliphatic rings. The number of carbonyl (C=O) groups excluding carboxylic acids is 2. The Morgan fingerprint density at radius 2 is 1.71 bits per heavy atom. The zero-order valence-corrected chi connectivity index (χ0v) is 24.9. The van der Waals surface area contributed by atoms with Gasteiger partial charge in [0.25, 0.3) is 5.91 Å². The molecule has 0 bridgehead atoms. The normalized spacial score (nSPS) is 11.1. The molecule has 0 aliphatic heterocycles. The number of benzene rings is 4. The van der Waals surface area contributed by atoms with Crippen LogP contribution in [0.4, 0.5) is 0 Å². The van der Waals surface area contributed by atoms with Crippen molar-refractivity contribution < 1.29 is 19.1 Å². The summed E-state index contributed by atoms with van der Waals surface area (Å²) in [4.78, 5) is 29.0. The Labute approximate surface area is 254 Å². The molecule has 0 saturated heterocycles. The number of hydrogen-bond donors (Lipinski definition) is 2. The average molecular weight is 651 g/mol. The van der Waals surface area contributed by atoms with Gasteiger partial charge < -0.3 is 14.5 Å². The van der Waals surface area contributed by atoms with Crippen molar-refractivity contribution in [3.05, 3.63) is 116 Å². The molecule has 0 aliphatic carbocycles. The molecule has 4 aromatic carbocycles. The molecule has 7 nitrogen and oxygen atoms in total. The Hall–Kier alpha value is -4.11. The highest BCUT2D eigenvalue weighted by molar-refractivity contribution is 9.10. The minimum atomic E-state index is -0.503. The molecule has 0 fully saturated rings. The molecule has 2 N–H and O–H groups in total. The lowest BCUT2D eigenvalue weighted by molar-refractivity contribution is 0.0729. The highest BCUT2D eigenvalue weighted by Crippen LogP contribution is 2.40. The van der Waals surface area contributed by atoms with E-state index in [1.165, 1.54) is 13.3 Å². The fourth-order valence-electron chi connectivity index (χ4n) is 4.25. The van der Waals surface area contributed by atoms with Crippen LogP contribution in [0, 0.1) is 6.92 Å². The fraction of sp³-hybridized carbons (Fsp3) is 0.0645. The minimum absolute atomic E-state index is 0.251. The summed E-state index contributed by atoms with van der Waals surface area (Å²) in [5, 5.41) is 5.78. The van der Waals surface area contributed by atoms with E-state index in [9.17, 15) is 9.59 Å². The van der Waals surface area contributed by atoms with Crippen LogP contribution in [-0.4, -0.2) is 30.2 Å². The predicted molar refractivity (Wildman–Crippen MR) is 166 cm³/mol. The number of hydrazone groups is 1. The molecule has 0 spiro atoms. The number of aromatic amines is 1.